The zero-order chi connectivity index (χ0) is 19.5. The van der Waals surface area contributed by atoms with Crippen molar-refractivity contribution in [3.05, 3.63) is 65.9 Å². The fourth-order valence-corrected chi connectivity index (χ4v) is 3.88. The molecule has 2 aromatic carbocycles. The van der Waals surface area contributed by atoms with Crippen molar-refractivity contribution < 1.29 is 4.79 Å². The van der Waals surface area contributed by atoms with Crippen LogP contribution in [0.25, 0.3) is 10.9 Å². The molecule has 2 amide bonds. The SMILES string of the molecule is Cc1cccc(NC(=O)NN2CCN(C(C)c3c[nH]c4ccccc34)CC2)c1. The van der Waals surface area contributed by atoms with Crippen LogP contribution < -0.4 is 10.7 Å². The van der Waals surface area contributed by atoms with E-state index in [-0.39, 0.29) is 6.03 Å². The maximum absolute atomic E-state index is 12.3. The van der Waals surface area contributed by atoms with Gasteiger partial charge in [0, 0.05) is 55.0 Å². The second kappa shape index (κ2) is 8.04. The van der Waals surface area contributed by atoms with Crippen LogP contribution in [0.4, 0.5) is 10.5 Å². The molecule has 1 aliphatic heterocycles. The van der Waals surface area contributed by atoms with Gasteiger partial charge in [-0.2, -0.15) is 0 Å². The molecule has 1 unspecified atom stereocenters. The van der Waals surface area contributed by atoms with Gasteiger partial charge in [0.15, 0.2) is 0 Å². The van der Waals surface area contributed by atoms with Crippen molar-refractivity contribution in [2.75, 3.05) is 31.5 Å². The summed E-state index contributed by atoms with van der Waals surface area (Å²) in [5.41, 5.74) is 7.40. The number of hydrogen-bond acceptors (Lipinski definition) is 3. The number of nitrogens with zero attached hydrogens (tertiary/aromatic N) is 2. The van der Waals surface area contributed by atoms with Crippen molar-refractivity contribution in [2.24, 2.45) is 0 Å². The predicted molar refractivity (Wildman–Crippen MR) is 113 cm³/mol. The lowest BCUT2D eigenvalue weighted by atomic mass is 10.1. The van der Waals surface area contributed by atoms with E-state index < -0.39 is 0 Å². The standard InChI is InChI=1S/C22H27N5O/c1-16-6-5-7-18(14-16)24-22(28)25-27-12-10-26(11-13-27)17(2)20-15-23-21-9-4-3-8-19(20)21/h3-9,14-15,17,23H,10-13H2,1-2H3,(H2,24,25,28). The number of benzene rings is 2. The summed E-state index contributed by atoms with van der Waals surface area (Å²) < 4.78 is 0. The van der Waals surface area contributed by atoms with Gasteiger partial charge < -0.3 is 10.3 Å². The number of nitrogens with one attached hydrogen (secondary N) is 3. The van der Waals surface area contributed by atoms with E-state index in [4.69, 9.17) is 0 Å². The number of hydrazine groups is 1. The Hall–Kier alpha value is -2.83. The Bertz CT molecular complexity index is 958. The monoisotopic (exact) mass is 377 g/mol. The minimum absolute atomic E-state index is 0.191. The van der Waals surface area contributed by atoms with E-state index in [2.05, 4.69) is 58.0 Å². The molecule has 6 nitrogen and oxygen atoms in total. The summed E-state index contributed by atoms with van der Waals surface area (Å²) in [4.78, 5) is 18.1. The van der Waals surface area contributed by atoms with Crippen LogP contribution >= 0.6 is 0 Å². The molecule has 146 valence electrons. The average molecular weight is 377 g/mol. The maximum atomic E-state index is 12.3. The van der Waals surface area contributed by atoms with Gasteiger partial charge in [-0.05, 0) is 43.2 Å². The molecule has 6 heteroatoms. The van der Waals surface area contributed by atoms with E-state index in [1.807, 2.05) is 36.2 Å². The topological polar surface area (TPSA) is 63.4 Å². The van der Waals surface area contributed by atoms with Crippen molar-refractivity contribution in [3.63, 3.8) is 0 Å². The summed E-state index contributed by atoms with van der Waals surface area (Å²) in [6.45, 7) is 7.68. The number of anilines is 1. The first kappa shape index (κ1) is 18.5. The van der Waals surface area contributed by atoms with Gasteiger partial charge in [-0.1, -0.05) is 30.3 Å². The van der Waals surface area contributed by atoms with Crippen molar-refractivity contribution in [3.8, 4) is 0 Å². The number of fused-ring (bicyclic) bond motifs is 1. The van der Waals surface area contributed by atoms with Gasteiger partial charge in [-0.25, -0.2) is 9.80 Å². The highest BCUT2D eigenvalue weighted by molar-refractivity contribution is 5.89. The number of carbonyl (C=O) groups excluding carboxylic acids is 1. The Morgan fingerprint density at radius 3 is 2.64 bits per heavy atom. The molecule has 0 bridgehead atoms. The number of aromatic nitrogens is 1. The summed E-state index contributed by atoms with van der Waals surface area (Å²) in [7, 11) is 0. The normalized spacial score (nSPS) is 16.8. The Labute approximate surface area is 165 Å². The Morgan fingerprint density at radius 1 is 1.07 bits per heavy atom. The van der Waals surface area contributed by atoms with Crippen molar-refractivity contribution in [1.82, 2.24) is 20.3 Å². The number of piperazine rings is 1. The molecule has 1 saturated heterocycles. The molecule has 1 fully saturated rings. The summed E-state index contributed by atoms with van der Waals surface area (Å²) >= 11 is 0. The van der Waals surface area contributed by atoms with E-state index in [0.29, 0.717) is 6.04 Å². The molecular formula is C22H27N5O. The predicted octanol–water partition coefficient (Wildman–Crippen LogP) is 3.89. The van der Waals surface area contributed by atoms with Gasteiger partial charge in [-0.3, -0.25) is 10.3 Å². The van der Waals surface area contributed by atoms with Crippen molar-refractivity contribution in [1.29, 1.82) is 0 Å². The third-order valence-electron chi connectivity index (χ3n) is 5.47. The molecule has 1 aromatic heterocycles. The highest BCUT2D eigenvalue weighted by Crippen LogP contribution is 2.28. The number of hydrogen-bond donors (Lipinski definition) is 3. The van der Waals surface area contributed by atoms with Gasteiger partial charge in [0.05, 0.1) is 0 Å². The Balaban J connectivity index is 1.31. The van der Waals surface area contributed by atoms with Crippen LogP contribution in [0.15, 0.2) is 54.7 Å². The van der Waals surface area contributed by atoms with E-state index in [9.17, 15) is 4.79 Å². The third-order valence-corrected chi connectivity index (χ3v) is 5.47. The molecule has 0 aliphatic carbocycles. The smallest absolute Gasteiger partial charge is 0.333 e. The molecule has 1 aliphatic rings. The summed E-state index contributed by atoms with van der Waals surface area (Å²) in [5, 5.41) is 6.17. The minimum atomic E-state index is -0.191. The number of aryl methyl sites for hydroxylation is 1. The van der Waals surface area contributed by atoms with Crippen LogP contribution in [0, 0.1) is 6.92 Å². The largest absolute Gasteiger partial charge is 0.361 e. The lowest BCUT2D eigenvalue weighted by molar-refractivity contribution is 0.0785. The summed E-state index contributed by atoms with van der Waals surface area (Å²) in [6, 6.07) is 16.4. The van der Waals surface area contributed by atoms with E-state index in [1.165, 1.54) is 16.5 Å². The zero-order valence-corrected chi connectivity index (χ0v) is 16.4. The fourth-order valence-electron chi connectivity index (χ4n) is 3.88. The van der Waals surface area contributed by atoms with E-state index >= 15 is 0 Å². The maximum Gasteiger partial charge on any atom is 0.333 e. The van der Waals surface area contributed by atoms with Gasteiger partial charge in [0.25, 0.3) is 0 Å². The lowest BCUT2D eigenvalue weighted by Gasteiger charge is -2.37. The zero-order valence-electron chi connectivity index (χ0n) is 16.4. The molecule has 2 heterocycles. The quantitative estimate of drug-likeness (QED) is 0.646. The molecule has 4 rings (SSSR count). The molecule has 28 heavy (non-hydrogen) atoms. The second-order valence-corrected chi connectivity index (χ2v) is 7.42. The van der Waals surface area contributed by atoms with Crippen LogP contribution in [-0.4, -0.2) is 47.1 Å². The number of para-hydroxylation sites is 1. The van der Waals surface area contributed by atoms with Crippen molar-refractivity contribution >= 4 is 22.6 Å². The van der Waals surface area contributed by atoms with Gasteiger partial charge in [0.2, 0.25) is 0 Å². The number of H-pyrrole nitrogens is 1. The van der Waals surface area contributed by atoms with Gasteiger partial charge in [0.1, 0.15) is 0 Å². The molecule has 0 saturated carbocycles. The fraction of sp³-hybridized carbons (Fsp3) is 0.318. The van der Waals surface area contributed by atoms with Crippen LogP contribution in [-0.2, 0) is 0 Å². The molecule has 1 atom stereocenters. The van der Waals surface area contributed by atoms with Crippen LogP contribution in [0.2, 0.25) is 0 Å². The first-order valence-corrected chi connectivity index (χ1v) is 9.79. The van der Waals surface area contributed by atoms with Crippen LogP contribution in [0.1, 0.15) is 24.1 Å². The van der Waals surface area contributed by atoms with Crippen molar-refractivity contribution in [2.45, 2.75) is 19.9 Å². The Kier molecular flexibility index (Phi) is 5.32. The molecule has 0 radical (unpaired) electrons. The minimum Gasteiger partial charge on any atom is -0.361 e. The third kappa shape index (κ3) is 4.03. The van der Waals surface area contributed by atoms with Gasteiger partial charge in [-0.15, -0.1) is 0 Å². The summed E-state index contributed by atoms with van der Waals surface area (Å²) in [5.74, 6) is 0. The first-order valence-electron chi connectivity index (χ1n) is 9.79. The van der Waals surface area contributed by atoms with Crippen LogP contribution in [0.5, 0.6) is 0 Å². The van der Waals surface area contributed by atoms with E-state index in [0.717, 1.165) is 37.4 Å². The lowest BCUT2D eigenvalue weighted by Crippen LogP contribution is -2.54. The molecule has 3 aromatic rings. The highest BCUT2D eigenvalue weighted by atomic mass is 16.2. The number of carbonyl (C=O) groups is 1. The Morgan fingerprint density at radius 2 is 1.86 bits per heavy atom. The molecule has 3 N–H and O–H groups in total. The van der Waals surface area contributed by atoms with Crippen LogP contribution in [0.3, 0.4) is 0 Å². The molecule has 0 spiro atoms. The number of urea groups is 1. The van der Waals surface area contributed by atoms with E-state index in [1.54, 1.807) is 0 Å². The first-order chi connectivity index (χ1) is 13.6. The summed E-state index contributed by atoms with van der Waals surface area (Å²) in [6.07, 6.45) is 2.12. The van der Waals surface area contributed by atoms with Gasteiger partial charge >= 0.3 is 6.03 Å². The average Bonchev–Trinajstić information content (AvgIpc) is 3.12. The number of aromatic amines is 1. The number of rotatable bonds is 4. The second-order valence-electron chi connectivity index (χ2n) is 7.42. The molecular weight excluding hydrogens is 350 g/mol. The number of amides is 2. The highest BCUT2D eigenvalue weighted by Gasteiger charge is 2.24.